The molecule has 1 aromatic carbocycles. The first kappa shape index (κ1) is 13.9. The van der Waals surface area contributed by atoms with Crippen LogP contribution >= 0.6 is 11.8 Å². The van der Waals surface area contributed by atoms with Crippen LogP contribution in [0.4, 0.5) is 13.2 Å². The van der Waals surface area contributed by atoms with Gasteiger partial charge in [0.25, 0.3) is 0 Å². The van der Waals surface area contributed by atoms with Gasteiger partial charge < -0.3 is 4.74 Å². The van der Waals surface area contributed by atoms with Gasteiger partial charge >= 0.3 is 5.51 Å². The number of halogens is 3. The summed E-state index contributed by atoms with van der Waals surface area (Å²) in [5.74, 6) is 0.0459. The molecule has 0 aromatic heterocycles. The van der Waals surface area contributed by atoms with Crippen molar-refractivity contribution >= 4 is 17.5 Å². The minimum atomic E-state index is -4.28. The first-order valence-electron chi connectivity index (χ1n) is 4.80. The lowest BCUT2D eigenvalue weighted by atomic mass is 10.1. The van der Waals surface area contributed by atoms with Crippen LogP contribution < -0.4 is 4.74 Å². The van der Waals surface area contributed by atoms with E-state index in [4.69, 9.17) is 4.74 Å². The number of benzene rings is 1. The summed E-state index contributed by atoms with van der Waals surface area (Å²) < 4.78 is 40.4. The molecule has 0 spiro atoms. The fourth-order valence-corrected chi connectivity index (χ4v) is 1.70. The van der Waals surface area contributed by atoms with Gasteiger partial charge in [0, 0.05) is 17.7 Å². The number of methoxy groups -OCH3 is 1. The fraction of sp³-hybridized carbons (Fsp3) is 0.364. The molecule has 0 fully saturated rings. The van der Waals surface area contributed by atoms with Crippen molar-refractivity contribution in [2.24, 2.45) is 0 Å². The van der Waals surface area contributed by atoms with E-state index in [0.29, 0.717) is 11.3 Å². The molecule has 0 atom stereocenters. The molecule has 0 saturated heterocycles. The summed E-state index contributed by atoms with van der Waals surface area (Å²) >= 11 is -0.181. The molecule has 0 aliphatic rings. The van der Waals surface area contributed by atoms with Gasteiger partial charge in [0.05, 0.1) is 7.11 Å². The second kappa shape index (κ2) is 5.95. The predicted octanol–water partition coefficient (Wildman–Crippen LogP) is 3.52. The van der Waals surface area contributed by atoms with Crippen LogP contribution in [0.5, 0.6) is 5.75 Å². The van der Waals surface area contributed by atoms with E-state index in [1.54, 1.807) is 24.3 Å². The lowest BCUT2D eigenvalue weighted by molar-refractivity contribution is -0.0327. The van der Waals surface area contributed by atoms with Gasteiger partial charge in [-0.25, -0.2) is 0 Å². The van der Waals surface area contributed by atoms with Gasteiger partial charge in [-0.3, -0.25) is 4.79 Å². The lowest BCUT2D eigenvalue weighted by Crippen LogP contribution is -2.06. The van der Waals surface area contributed by atoms with E-state index >= 15 is 0 Å². The molecule has 2 nitrogen and oxygen atoms in total. The van der Waals surface area contributed by atoms with E-state index in [2.05, 4.69) is 0 Å². The molecule has 17 heavy (non-hydrogen) atoms. The van der Waals surface area contributed by atoms with E-state index in [-0.39, 0.29) is 29.7 Å². The number of hydrogen-bond donors (Lipinski definition) is 0. The normalized spacial score (nSPS) is 11.3. The first-order chi connectivity index (χ1) is 7.92. The Bertz CT molecular complexity index is 373. The SMILES string of the molecule is COc1ccc(C(=O)CCSC(F)(F)F)cc1. The number of carbonyl (C=O) groups is 1. The lowest BCUT2D eigenvalue weighted by Gasteiger charge is -2.05. The highest BCUT2D eigenvalue weighted by Gasteiger charge is 2.27. The number of ketones is 1. The zero-order valence-corrected chi connectivity index (χ0v) is 9.90. The summed E-state index contributed by atoms with van der Waals surface area (Å²) in [6, 6.07) is 6.28. The summed E-state index contributed by atoms with van der Waals surface area (Å²) in [6.45, 7) is 0. The number of thioether (sulfide) groups is 1. The Labute approximate surface area is 101 Å². The Morgan fingerprint density at radius 3 is 2.35 bits per heavy atom. The van der Waals surface area contributed by atoms with E-state index in [1.807, 2.05) is 0 Å². The van der Waals surface area contributed by atoms with Crippen molar-refractivity contribution in [1.29, 1.82) is 0 Å². The molecule has 0 heterocycles. The molecule has 0 aliphatic carbocycles. The number of alkyl halides is 3. The fourth-order valence-electron chi connectivity index (χ4n) is 1.18. The molecule has 1 rings (SSSR count). The van der Waals surface area contributed by atoms with E-state index in [1.165, 1.54) is 7.11 Å². The van der Waals surface area contributed by atoms with Crippen LogP contribution in [0.25, 0.3) is 0 Å². The van der Waals surface area contributed by atoms with E-state index < -0.39 is 5.51 Å². The first-order valence-corrected chi connectivity index (χ1v) is 5.79. The molecule has 6 heteroatoms. The molecular weight excluding hydrogens is 253 g/mol. The second-order valence-electron chi connectivity index (χ2n) is 3.20. The predicted molar refractivity (Wildman–Crippen MR) is 60.5 cm³/mol. The smallest absolute Gasteiger partial charge is 0.441 e. The summed E-state index contributed by atoms with van der Waals surface area (Å²) in [4.78, 5) is 11.5. The summed E-state index contributed by atoms with van der Waals surface area (Å²) in [5, 5.41) is 0. The average Bonchev–Trinajstić information content (AvgIpc) is 2.27. The maximum atomic E-state index is 11.8. The van der Waals surface area contributed by atoms with Crippen molar-refractivity contribution in [2.45, 2.75) is 11.9 Å². The number of Topliss-reactive ketones (excluding diaryl/α,β-unsaturated/α-hetero) is 1. The Kier molecular flexibility index (Phi) is 4.86. The number of carbonyl (C=O) groups excluding carboxylic acids is 1. The van der Waals surface area contributed by atoms with Crippen LogP contribution in [-0.2, 0) is 0 Å². The number of hydrogen-bond acceptors (Lipinski definition) is 3. The molecule has 0 radical (unpaired) electrons. The van der Waals surface area contributed by atoms with Crippen LogP contribution in [0.15, 0.2) is 24.3 Å². The van der Waals surface area contributed by atoms with Crippen molar-refractivity contribution in [2.75, 3.05) is 12.9 Å². The molecule has 0 N–H and O–H groups in total. The van der Waals surface area contributed by atoms with Crippen LogP contribution in [-0.4, -0.2) is 24.2 Å². The highest BCUT2D eigenvalue weighted by Crippen LogP contribution is 2.30. The minimum absolute atomic E-state index is 0.128. The standard InChI is InChI=1S/C11H11F3O2S/c1-16-9-4-2-8(3-5-9)10(15)6-7-17-11(12,13)14/h2-5H,6-7H2,1H3. The van der Waals surface area contributed by atoms with Crippen molar-refractivity contribution in [3.63, 3.8) is 0 Å². The summed E-state index contributed by atoms with van der Waals surface area (Å²) in [7, 11) is 1.50. The third-order valence-corrected chi connectivity index (χ3v) is 2.74. The zero-order valence-electron chi connectivity index (χ0n) is 9.08. The topological polar surface area (TPSA) is 26.3 Å². The minimum Gasteiger partial charge on any atom is -0.497 e. The molecule has 0 aliphatic heterocycles. The zero-order chi connectivity index (χ0) is 12.9. The number of ether oxygens (including phenoxy) is 1. The molecular formula is C11H11F3O2S. The van der Waals surface area contributed by atoms with E-state index in [0.717, 1.165) is 0 Å². The van der Waals surface area contributed by atoms with Crippen molar-refractivity contribution in [3.8, 4) is 5.75 Å². The maximum absolute atomic E-state index is 11.8. The summed E-state index contributed by atoms with van der Waals surface area (Å²) in [6.07, 6.45) is -0.128. The van der Waals surface area contributed by atoms with Crippen LogP contribution in [0.2, 0.25) is 0 Å². The van der Waals surface area contributed by atoms with Gasteiger partial charge in [-0.2, -0.15) is 13.2 Å². The third-order valence-electron chi connectivity index (χ3n) is 2.01. The molecule has 94 valence electrons. The Morgan fingerprint density at radius 1 is 1.29 bits per heavy atom. The molecule has 0 unspecified atom stereocenters. The Hall–Kier alpha value is -1.17. The van der Waals surface area contributed by atoms with Gasteiger partial charge in [-0.15, -0.1) is 0 Å². The van der Waals surface area contributed by atoms with Crippen LogP contribution in [0, 0.1) is 0 Å². The van der Waals surface area contributed by atoms with Crippen LogP contribution in [0.3, 0.4) is 0 Å². The van der Waals surface area contributed by atoms with E-state index in [9.17, 15) is 18.0 Å². The highest BCUT2D eigenvalue weighted by molar-refractivity contribution is 8.00. The molecule has 1 aromatic rings. The maximum Gasteiger partial charge on any atom is 0.441 e. The van der Waals surface area contributed by atoms with Crippen LogP contribution in [0.1, 0.15) is 16.8 Å². The largest absolute Gasteiger partial charge is 0.497 e. The molecule has 0 bridgehead atoms. The second-order valence-corrected chi connectivity index (χ2v) is 4.36. The summed E-state index contributed by atoms with van der Waals surface area (Å²) in [5.41, 5.74) is -3.88. The van der Waals surface area contributed by atoms with Gasteiger partial charge in [0.2, 0.25) is 0 Å². The van der Waals surface area contributed by atoms with Crippen molar-refractivity contribution in [1.82, 2.24) is 0 Å². The van der Waals surface area contributed by atoms with Gasteiger partial charge in [-0.05, 0) is 24.3 Å². The van der Waals surface area contributed by atoms with Gasteiger partial charge in [-0.1, -0.05) is 11.8 Å². The highest BCUT2D eigenvalue weighted by atomic mass is 32.2. The Morgan fingerprint density at radius 2 is 1.88 bits per heavy atom. The molecule has 0 saturated carbocycles. The number of rotatable bonds is 5. The van der Waals surface area contributed by atoms with Gasteiger partial charge in [0.15, 0.2) is 5.78 Å². The quantitative estimate of drug-likeness (QED) is 0.761. The monoisotopic (exact) mass is 264 g/mol. The molecule has 0 amide bonds. The van der Waals surface area contributed by atoms with Gasteiger partial charge in [0.1, 0.15) is 5.75 Å². The van der Waals surface area contributed by atoms with Crippen molar-refractivity contribution in [3.05, 3.63) is 29.8 Å². The third kappa shape index (κ3) is 5.12. The van der Waals surface area contributed by atoms with Crippen molar-refractivity contribution < 1.29 is 22.7 Å². The average molecular weight is 264 g/mol. The Balaban J connectivity index is 2.47.